The average molecular weight is 553 g/mol. The lowest BCUT2D eigenvalue weighted by Gasteiger charge is -2.25. The fourth-order valence-corrected chi connectivity index (χ4v) is 5.57. The number of furan rings is 1. The highest BCUT2D eigenvalue weighted by Gasteiger charge is 2.23. The van der Waals surface area contributed by atoms with Crippen LogP contribution in [0.25, 0.3) is 11.0 Å². The first-order valence-electron chi connectivity index (χ1n) is 9.52. The first kappa shape index (κ1) is 24.3. The second kappa shape index (κ2) is 11.4. The predicted octanol–water partition coefficient (Wildman–Crippen LogP) is 2.83. The summed E-state index contributed by atoms with van der Waals surface area (Å²) in [5, 5.41) is 4.29. The summed E-state index contributed by atoms with van der Waals surface area (Å²) in [6.45, 7) is 4.69. The number of para-hydroxylation sites is 1. The number of benzene rings is 1. The molecule has 1 aliphatic rings. The van der Waals surface area contributed by atoms with Crippen LogP contribution in [-0.2, 0) is 16.6 Å². The molecule has 1 aliphatic heterocycles. The van der Waals surface area contributed by atoms with Gasteiger partial charge in [0.2, 0.25) is 10.0 Å². The second-order valence-electron chi connectivity index (χ2n) is 6.67. The van der Waals surface area contributed by atoms with Crippen LogP contribution in [0.15, 0.2) is 39.7 Å². The molecule has 29 heavy (non-hydrogen) atoms. The van der Waals surface area contributed by atoms with E-state index in [4.69, 9.17) is 4.42 Å². The molecule has 2 aromatic rings. The minimum absolute atomic E-state index is 0. The molecule has 1 aromatic carbocycles. The van der Waals surface area contributed by atoms with Crippen molar-refractivity contribution in [2.24, 2.45) is 4.99 Å². The molecule has 2 heterocycles. The molecule has 7 nitrogen and oxygen atoms in total. The van der Waals surface area contributed by atoms with Gasteiger partial charge in [-0.3, -0.25) is 4.99 Å². The summed E-state index contributed by atoms with van der Waals surface area (Å²) >= 11 is 1.80. The lowest BCUT2D eigenvalue weighted by molar-refractivity contribution is 0.412. The highest BCUT2D eigenvalue weighted by Crippen LogP contribution is 2.19. The van der Waals surface area contributed by atoms with Crippen molar-refractivity contribution in [3.05, 3.63) is 36.1 Å². The normalized spacial score (nSPS) is 15.9. The molecule has 162 valence electrons. The van der Waals surface area contributed by atoms with Crippen molar-refractivity contribution in [2.75, 3.05) is 50.5 Å². The molecule has 0 radical (unpaired) electrons. The Kier molecular flexibility index (Phi) is 9.57. The second-order valence-corrected chi connectivity index (χ2v) is 9.98. The molecule has 0 unspecified atom stereocenters. The molecule has 0 bridgehead atoms. The Bertz CT molecular complexity index is 878. The highest BCUT2D eigenvalue weighted by molar-refractivity contribution is 14.0. The van der Waals surface area contributed by atoms with Gasteiger partial charge < -0.3 is 14.6 Å². The van der Waals surface area contributed by atoms with Gasteiger partial charge in [-0.25, -0.2) is 12.7 Å². The third-order valence-electron chi connectivity index (χ3n) is 4.54. The van der Waals surface area contributed by atoms with Gasteiger partial charge in [-0.15, -0.1) is 24.0 Å². The van der Waals surface area contributed by atoms with Gasteiger partial charge in [0, 0.05) is 43.6 Å². The van der Waals surface area contributed by atoms with Crippen molar-refractivity contribution in [3.63, 3.8) is 0 Å². The topological polar surface area (TPSA) is 78.2 Å². The summed E-state index contributed by atoms with van der Waals surface area (Å²) in [4.78, 5) is 6.47. The number of nitrogens with zero attached hydrogens (tertiary/aromatic N) is 3. The number of hydrogen-bond donors (Lipinski definition) is 1. The number of sulfonamides is 1. The van der Waals surface area contributed by atoms with Gasteiger partial charge in [0.25, 0.3) is 0 Å². The third kappa shape index (κ3) is 6.76. The molecule has 1 N–H and O–H groups in total. The van der Waals surface area contributed by atoms with Crippen molar-refractivity contribution in [1.82, 2.24) is 14.5 Å². The minimum atomic E-state index is -3.25. The third-order valence-corrected chi connectivity index (χ3v) is 7.33. The Morgan fingerprint density at radius 3 is 2.72 bits per heavy atom. The maximum absolute atomic E-state index is 12.5. The van der Waals surface area contributed by atoms with Crippen molar-refractivity contribution in [2.45, 2.75) is 13.5 Å². The van der Waals surface area contributed by atoms with E-state index in [1.807, 2.05) is 49.2 Å². The Labute approximate surface area is 194 Å². The van der Waals surface area contributed by atoms with Gasteiger partial charge in [0.15, 0.2) is 5.96 Å². The summed E-state index contributed by atoms with van der Waals surface area (Å²) in [6, 6.07) is 9.92. The van der Waals surface area contributed by atoms with E-state index in [0.717, 1.165) is 28.2 Å². The zero-order valence-electron chi connectivity index (χ0n) is 16.8. The average Bonchev–Trinajstić information content (AvgIpc) is 3.10. The number of rotatable bonds is 7. The highest BCUT2D eigenvalue weighted by atomic mass is 127. The van der Waals surface area contributed by atoms with E-state index >= 15 is 0 Å². The van der Waals surface area contributed by atoms with E-state index in [1.54, 1.807) is 16.1 Å². The fourth-order valence-electron chi connectivity index (χ4n) is 3.11. The van der Waals surface area contributed by atoms with Gasteiger partial charge in [-0.2, -0.15) is 11.8 Å². The number of hydrogen-bond acceptors (Lipinski definition) is 5. The summed E-state index contributed by atoms with van der Waals surface area (Å²) in [6.07, 6.45) is 0. The van der Waals surface area contributed by atoms with Crippen molar-refractivity contribution in [1.29, 1.82) is 0 Å². The molecule has 0 saturated carbocycles. The summed E-state index contributed by atoms with van der Waals surface area (Å²) < 4.78 is 32.4. The summed E-state index contributed by atoms with van der Waals surface area (Å²) in [7, 11) is -1.33. The van der Waals surface area contributed by atoms with Gasteiger partial charge in [-0.1, -0.05) is 18.2 Å². The van der Waals surface area contributed by atoms with Crippen molar-refractivity contribution < 1.29 is 12.8 Å². The fraction of sp³-hybridized carbons (Fsp3) is 0.526. The molecule has 0 amide bonds. The van der Waals surface area contributed by atoms with Gasteiger partial charge >= 0.3 is 0 Å². The van der Waals surface area contributed by atoms with E-state index in [1.165, 1.54) is 0 Å². The van der Waals surface area contributed by atoms with Crippen LogP contribution in [-0.4, -0.2) is 74.1 Å². The zero-order chi connectivity index (χ0) is 20.0. The molecule has 0 aliphatic carbocycles. The Hall–Kier alpha value is -0.980. The first-order valence-corrected chi connectivity index (χ1v) is 12.3. The van der Waals surface area contributed by atoms with Gasteiger partial charge in [0.05, 0.1) is 18.8 Å². The molecule has 3 rings (SSSR count). The van der Waals surface area contributed by atoms with Crippen LogP contribution in [0.2, 0.25) is 0 Å². The molecule has 1 saturated heterocycles. The number of guanidine groups is 1. The molecule has 1 fully saturated rings. The molecular formula is C19H29IN4O3S2. The van der Waals surface area contributed by atoms with E-state index < -0.39 is 10.0 Å². The van der Waals surface area contributed by atoms with Gasteiger partial charge in [-0.05, 0) is 19.1 Å². The van der Waals surface area contributed by atoms with Crippen molar-refractivity contribution >= 4 is 62.7 Å². The standard InChI is InChI=1S/C19H28N4O3S2.HI/c1-3-20-19(21-8-13-28(24,25)23-9-11-27-12-10-23)22(2)15-17-14-16-6-4-5-7-18(16)26-17;/h4-7,14H,3,8-13,15H2,1-2H3,(H,20,21);1H. The molecule has 10 heteroatoms. The quantitative estimate of drug-likeness (QED) is 0.324. The number of fused-ring (bicyclic) bond motifs is 1. The summed E-state index contributed by atoms with van der Waals surface area (Å²) in [5.41, 5.74) is 0.860. The van der Waals surface area contributed by atoms with Crippen LogP contribution in [0, 0.1) is 0 Å². The Morgan fingerprint density at radius 2 is 2.03 bits per heavy atom. The van der Waals surface area contributed by atoms with Crippen molar-refractivity contribution in [3.8, 4) is 0 Å². The Balaban J connectivity index is 0.00000300. The number of nitrogens with one attached hydrogen (secondary N) is 1. The maximum Gasteiger partial charge on any atom is 0.215 e. The number of aliphatic imine (C=N–C) groups is 1. The van der Waals surface area contributed by atoms with E-state index in [-0.39, 0.29) is 36.3 Å². The van der Waals surface area contributed by atoms with Crippen LogP contribution in [0.3, 0.4) is 0 Å². The lowest BCUT2D eigenvalue weighted by atomic mass is 10.2. The van der Waals surface area contributed by atoms with Crippen LogP contribution >= 0.6 is 35.7 Å². The molecule has 0 atom stereocenters. The van der Waals surface area contributed by atoms with E-state index in [9.17, 15) is 8.42 Å². The van der Waals surface area contributed by atoms with Crippen LogP contribution < -0.4 is 5.32 Å². The maximum atomic E-state index is 12.5. The predicted molar refractivity (Wildman–Crippen MR) is 132 cm³/mol. The minimum Gasteiger partial charge on any atom is -0.459 e. The Morgan fingerprint density at radius 1 is 1.31 bits per heavy atom. The molecule has 1 aromatic heterocycles. The SMILES string of the molecule is CCNC(=NCCS(=O)(=O)N1CCSCC1)N(C)Cc1cc2ccccc2o1.I. The van der Waals surface area contributed by atoms with Crippen LogP contribution in [0.1, 0.15) is 12.7 Å². The van der Waals surface area contributed by atoms with Crippen LogP contribution in [0.4, 0.5) is 0 Å². The van der Waals surface area contributed by atoms with Crippen LogP contribution in [0.5, 0.6) is 0 Å². The lowest BCUT2D eigenvalue weighted by Crippen LogP contribution is -2.41. The smallest absolute Gasteiger partial charge is 0.215 e. The van der Waals surface area contributed by atoms with Gasteiger partial charge in [0.1, 0.15) is 11.3 Å². The summed E-state index contributed by atoms with van der Waals surface area (Å²) in [5.74, 6) is 3.28. The zero-order valence-corrected chi connectivity index (χ0v) is 20.8. The van der Waals surface area contributed by atoms with E-state index in [0.29, 0.717) is 32.1 Å². The monoisotopic (exact) mass is 552 g/mol. The number of thioether (sulfide) groups is 1. The first-order chi connectivity index (χ1) is 13.5. The number of halogens is 1. The largest absolute Gasteiger partial charge is 0.459 e. The molecular weight excluding hydrogens is 523 g/mol. The van der Waals surface area contributed by atoms with E-state index in [2.05, 4.69) is 10.3 Å². The molecule has 0 spiro atoms.